The molecule has 0 aromatic rings. The summed E-state index contributed by atoms with van der Waals surface area (Å²) in [6.45, 7) is 13.7. The predicted molar refractivity (Wildman–Crippen MR) is 152 cm³/mol. The van der Waals surface area contributed by atoms with Crippen molar-refractivity contribution in [1.29, 1.82) is 0 Å². The quantitative estimate of drug-likeness (QED) is 0.326. The van der Waals surface area contributed by atoms with Crippen molar-refractivity contribution in [2.45, 2.75) is 142 Å². The van der Waals surface area contributed by atoms with Gasteiger partial charge in [-0.2, -0.15) is 0 Å². The average Bonchev–Trinajstić information content (AvgIpc) is 3.24. The van der Waals surface area contributed by atoms with Gasteiger partial charge < -0.3 is 29.9 Å². The van der Waals surface area contributed by atoms with Crippen LogP contribution in [-0.2, 0) is 9.47 Å². The molecule has 0 aromatic carbocycles. The highest BCUT2D eigenvalue weighted by molar-refractivity contribution is 5.25. The molecule has 6 heteroatoms. The zero-order valence-corrected chi connectivity index (χ0v) is 25.3. The summed E-state index contributed by atoms with van der Waals surface area (Å²) in [5, 5.41) is 40.6. The number of ether oxygens (including phenoxy) is 2. The van der Waals surface area contributed by atoms with Gasteiger partial charge in [-0.05, 0) is 118 Å². The van der Waals surface area contributed by atoms with E-state index in [1.807, 2.05) is 13.8 Å². The van der Waals surface area contributed by atoms with Crippen molar-refractivity contribution in [3.63, 3.8) is 0 Å². The third kappa shape index (κ3) is 5.41. The molecule has 3 saturated carbocycles. The van der Waals surface area contributed by atoms with Crippen molar-refractivity contribution in [3.8, 4) is 0 Å². The smallest absolute Gasteiger partial charge is 0.186 e. The van der Waals surface area contributed by atoms with Gasteiger partial charge in [0.2, 0.25) is 0 Å². The lowest BCUT2D eigenvalue weighted by Crippen LogP contribution is -2.55. The summed E-state index contributed by atoms with van der Waals surface area (Å²) in [5.74, 6) is 4.12. The van der Waals surface area contributed by atoms with E-state index < -0.39 is 30.2 Å². The van der Waals surface area contributed by atoms with E-state index >= 15 is 0 Å². The fourth-order valence-corrected chi connectivity index (χ4v) is 9.87. The van der Waals surface area contributed by atoms with Crippen molar-refractivity contribution >= 4 is 0 Å². The maximum atomic E-state index is 10.4. The van der Waals surface area contributed by atoms with Gasteiger partial charge in [-0.15, -0.1) is 0 Å². The predicted octanol–water partition coefficient (Wildman–Crippen LogP) is 5.21. The Hall–Kier alpha value is -0.500. The highest BCUT2D eigenvalue weighted by Gasteiger charge is 2.59. The van der Waals surface area contributed by atoms with Crippen LogP contribution in [0.15, 0.2) is 11.6 Å². The molecule has 224 valence electrons. The summed E-state index contributed by atoms with van der Waals surface area (Å²) < 4.78 is 11.7. The van der Waals surface area contributed by atoms with Gasteiger partial charge in [0, 0.05) is 0 Å². The fourth-order valence-electron chi connectivity index (χ4n) is 9.87. The van der Waals surface area contributed by atoms with Crippen LogP contribution in [0.2, 0.25) is 0 Å². The molecule has 39 heavy (non-hydrogen) atoms. The molecule has 0 spiro atoms. The highest BCUT2D eigenvalue weighted by Crippen LogP contribution is 2.67. The molecular weight excluding hydrogens is 492 g/mol. The minimum absolute atomic E-state index is 0.0159. The van der Waals surface area contributed by atoms with E-state index in [4.69, 9.17) is 9.47 Å². The van der Waals surface area contributed by atoms with Crippen molar-refractivity contribution in [2.24, 2.45) is 46.3 Å². The van der Waals surface area contributed by atoms with Crippen LogP contribution in [0.3, 0.4) is 0 Å². The Bertz CT molecular complexity index is 897. The second-order valence-corrected chi connectivity index (χ2v) is 15.3. The number of fused-ring (bicyclic) bond motifs is 5. The van der Waals surface area contributed by atoms with Crippen molar-refractivity contribution in [3.05, 3.63) is 11.6 Å². The monoisotopic (exact) mass is 548 g/mol. The van der Waals surface area contributed by atoms with Crippen LogP contribution in [0.1, 0.15) is 106 Å². The third-order valence-electron chi connectivity index (χ3n) is 12.9. The second-order valence-electron chi connectivity index (χ2n) is 15.3. The fraction of sp³-hybridized carbons (Fsp3) is 0.939. The molecule has 5 aliphatic rings. The number of allylic oxidation sites excluding steroid dienone is 1. The lowest BCUT2D eigenvalue weighted by atomic mass is 9.47. The Labute approximate surface area is 236 Å². The maximum absolute atomic E-state index is 10.4. The van der Waals surface area contributed by atoms with E-state index in [1.54, 1.807) is 0 Å². The first-order valence-corrected chi connectivity index (χ1v) is 16.0. The summed E-state index contributed by atoms with van der Waals surface area (Å²) in [7, 11) is 0. The number of hydrogen-bond donors (Lipinski definition) is 4. The molecule has 4 aliphatic carbocycles. The molecule has 6 nitrogen and oxygen atoms in total. The van der Waals surface area contributed by atoms with Gasteiger partial charge in [0.25, 0.3) is 0 Å². The third-order valence-corrected chi connectivity index (χ3v) is 12.9. The Kier molecular flexibility index (Phi) is 8.43. The van der Waals surface area contributed by atoms with Gasteiger partial charge in [-0.1, -0.05) is 45.8 Å². The molecule has 5 rings (SSSR count). The lowest BCUT2D eigenvalue weighted by Gasteiger charge is -2.58. The first-order valence-electron chi connectivity index (χ1n) is 16.0. The normalized spacial score (nSPS) is 47.9. The first kappa shape index (κ1) is 30.0. The Morgan fingerprint density at radius 3 is 2.46 bits per heavy atom. The molecule has 0 unspecified atom stereocenters. The van der Waals surface area contributed by atoms with Gasteiger partial charge in [-0.3, -0.25) is 0 Å². The van der Waals surface area contributed by atoms with Crippen molar-refractivity contribution < 1.29 is 29.9 Å². The molecule has 0 amide bonds. The summed E-state index contributed by atoms with van der Waals surface area (Å²) >= 11 is 0. The number of aliphatic hydroxyl groups excluding tert-OH is 3. The standard InChI is InChI=1S/C33H56O6/c1-19(7-8-20(2)31(3,4)37)24-11-12-25-23-10-9-21-17-22(39-30-29(36)28(35)27(34)18-38-30)13-15-32(21,5)26(23)14-16-33(24,25)6/h9,19-20,22-30,34-37H,7-8,10-18H2,1-6H3/t19-,20+,22+,23+,24-,25+,26+,27-,28-,29+,30+,32+,33-/m1/s1. The van der Waals surface area contributed by atoms with Crippen LogP contribution in [-0.4, -0.2) is 63.3 Å². The van der Waals surface area contributed by atoms with E-state index in [9.17, 15) is 20.4 Å². The highest BCUT2D eigenvalue weighted by atomic mass is 16.7. The van der Waals surface area contributed by atoms with E-state index in [0.29, 0.717) is 17.3 Å². The lowest BCUT2D eigenvalue weighted by molar-refractivity contribution is -0.284. The average molecular weight is 549 g/mol. The summed E-state index contributed by atoms with van der Waals surface area (Å²) in [5.41, 5.74) is 1.58. The van der Waals surface area contributed by atoms with Crippen LogP contribution in [0.4, 0.5) is 0 Å². The number of aliphatic hydroxyl groups is 4. The van der Waals surface area contributed by atoms with E-state index in [2.05, 4.69) is 33.8 Å². The summed E-state index contributed by atoms with van der Waals surface area (Å²) in [6, 6.07) is 0. The number of hydrogen-bond acceptors (Lipinski definition) is 6. The molecule has 0 bridgehead atoms. The van der Waals surface area contributed by atoms with Crippen molar-refractivity contribution in [1.82, 2.24) is 0 Å². The van der Waals surface area contributed by atoms with Crippen LogP contribution in [0, 0.1) is 46.3 Å². The maximum Gasteiger partial charge on any atom is 0.186 e. The molecule has 0 aromatic heterocycles. The zero-order valence-electron chi connectivity index (χ0n) is 25.3. The molecule has 4 fully saturated rings. The van der Waals surface area contributed by atoms with Gasteiger partial charge in [0.1, 0.15) is 18.3 Å². The van der Waals surface area contributed by atoms with Gasteiger partial charge in [0.05, 0.1) is 18.3 Å². The first-order chi connectivity index (χ1) is 18.3. The van der Waals surface area contributed by atoms with Crippen LogP contribution in [0.5, 0.6) is 0 Å². The molecule has 1 saturated heterocycles. The SMILES string of the molecule is C[C@H](CC[C@H](C)C(C)(C)O)[C@H]1CC[C@H]2[C@@H]3CC=C4C[C@@H](O[C@@H]5OC[C@@H](O)[C@@H](O)[C@@H]5O)CC[C@]4(C)[C@H]3CC[C@]12C. The molecular formula is C33H56O6. The van der Waals surface area contributed by atoms with E-state index in [-0.39, 0.29) is 18.1 Å². The topological polar surface area (TPSA) is 99.4 Å². The minimum atomic E-state index is -1.23. The van der Waals surface area contributed by atoms with E-state index in [0.717, 1.165) is 49.4 Å². The van der Waals surface area contributed by atoms with Crippen LogP contribution < -0.4 is 0 Å². The summed E-state index contributed by atoms with van der Waals surface area (Å²) in [6.07, 6.45) is 9.86. The van der Waals surface area contributed by atoms with E-state index in [1.165, 1.54) is 44.1 Å². The van der Waals surface area contributed by atoms with Crippen LogP contribution >= 0.6 is 0 Å². The van der Waals surface area contributed by atoms with Gasteiger partial charge in [-0.25, -0.2) is 0 Å². The second kappa shape index (κ2) is 11.0. The largest absolute Gasteiger partial charge is 0.390 e. The molecule has 0 radical (unpaired) electrons. The molecule has 13 atom stereocenters. The Morgan fingerprint density at radius 2 is 1.74 bits per heavy atom. The van der Waals surface area contributed by atoms with Crippen LogP contribution in [0.25, 0.3) is 0 Å². The van der Waals surface area contributed by atoms with Gasteiger partial charge in [0.15, 0.2) is 6.29 Å². The van der Waals surface area contributed by atoms with Crippen molar-refractivity contribution in [2.75, 3.05) is 6.61 Å². The Morgan fingerprint density at radius 1 is 1.00 bits per heavy atom. The number of rotatable bonds is 7. The zero-order chi connectivity index (χ0) is 28.3. The Balaban J connectivity index is 1.23. The molecule has 1 aliphatic heterocycles. The van der Waals surface area contributed by atoms with Gasteiger partial charge >= 0.3 is 0 Å². The minimum Gasteiger partial charge on any atom is -0.390 e. The summed E-state index contributed by atoms with van der Waals surface area (Å²) in [4.78, 5) is 0. The molecule has 4 N–H and O–H groups in total. The molecule has 1 heterocycles.